The van der Waals surface area contributed by atoms with Gasteiger partial charge in [0.1, 0.15) is 24.6 Å². The van der Waals surface area contributed by atoms with Crippen LogP contribution in [0, 0.1) is 5.92 Å². The first-order valence-corrected chi connectivity index (χ1v) is 9.64. The van der Waals surface area contributed by atoms with Gasteiger partial charge in [0.2, 0.25) is 13.0 Å². The van der Waals surface area contributed by atoms with E-state index in [4.69, 9.17) is 15.2 Å². The van der Waals surface area contributed by atoms with E-state index in [9.17, 15) is 33.1 Å². The molecule has 15 heteroatoms. The first kappa shape index (κ1) is 26.1. The van der Waals surface area contributed by atoms with Gasteiger partial charge in [-0.3, -0.25) is 19.5 Å². The first-order chi connectivity index (χ1) is 15.3. The van der Waals surface area contributed by atoms with Gasteiger partial charge in [-0.15, -0.1) is 0 Å². The Kier molecular flexibility index (Phi) is 8.40. The lowest BCUT2D eigenvalue weighted by Crippen LogP contribution is -2.43. The highest BCUT2D eigenvalue weighted by Crippen LogP contribution is 2.42. The minimum Gasteiger partial charge on any atom is -0.462 e. The van der Waals surface area contributed by atoms with Crippen LogP contribution in [-0.2, 0) is 28.5 Å². The predicted octanol–water partition coefficient (Wildman–Crippen LogP) is -0.267. The number of nitrogens with two attached hydrogens (primary N) is 1. The molecule has 4 N–H and O–H groups in total. The van der Waals surface area contributed by atoms with Gasteiger partial charge in [-0.25, -0.2) is 9.59 Å². The minimum atomic E-state index is -3.94. The molecule has 0 bridgehead atoms. The number of ether oxygens (including phenoxy) is 4. The Morgan fingerprint density at radius 2 is 2.00 bits per heavy atom. The van der Waals surface area contributed by atoms with Crippen LogP contribution in [0.3, 0.4) is 0 Å². The highest BCUT2D eigenvalue weighted by Gasteiger charge is 2.60. The summed E-state index contributed by atoms with van der Waals surface area (Å²) in [5.41, 5.74) is 4.37. The Balaban J connectivity index is 2.06. The van der Waals surface area contributed by atoms with E-state index in [0.29, 0.717) is 4.57 Å². The molecule has 13 nitrogen and oxygen atoms in total. The zero-order valence-corrected chi connectivity index (χ0v) is 17.9. The van der Waals surface area contributed by atoms with Gasteiger partial charge in [0.15, 0.2) is 6.10 Å². The molecule has 1 amide bonds. The second-order valence-electron chi connectivity index (χ2n) is 7.36. The SMILES string of the molecule is CC(=O)OCOC(=O)Nc1ccn([C@@H]2O[C@H](COC(=O)[C@@H](N)C(C)C)[C@@H](O)C2(F)F)c(=O)n1. The van der Waals surface area contributed by atoms with Crippen LogP contribution in [0.25, 0.3) is 0 Å². The van der Waals surface area contributed by atoms with Gasteiger partial charge in [-0.2, -0.15) is 13.8 Å². The molecule has 0 spiro atoms. The lowest BCUT2D eigenvalue weighted by atomic mass is 10.1. The van der Waals surface area contributed by atoms with E-state index in [-0.39, 0.29) is 11.7 Å². The molecule has 0 aliphatic carbocycles. The Bertz CT molecular complexity index is 940. The maximum absolute atomic E-state index is 14.6. The van der Waals surface area contributed by atoms with Crippen LogP contribution in [0.2, 0.25) is 0 Å². The van der Waals surface area contributed by atoms with Gasteiger partial charge < -0.3 is 29.8 Å². The van der Waals surface area contributed by atoms with Gasteiger partial charge >= 0.3 is 29.6 Å². The van der Waals surface area contributed by atoms with Crippen molar-refractivity contribution in [1.29, 1.82) is 0 Å². The average Bonchev–Trinajstić information content (AvgIpc) is 2.94. The molecule has 0 unspecified atom stereocenters. The second-order valence-corrected chi connectivity index (χ2v) is 7.36. The van der Waals surface area contributed by atoms with Crippen molar-refractivity contribution in [2.75, 3.05) is 18.7 Å². The monoisotopic (exact) mass is 478 g/mol. The number of carbonyl (C=O) groups is 3. The minimum absolute atomic E-state index is 0.267. The fourth-order valence-electron chi connectivity index (χ4n) is 2.61. The largest absolute Gasteiger partial charge is 0.462 e. The van der Waals surface area contributed by atoms with Crippen molar-refractivity contribution < 1.29 is 47.2 Å². The van der Waals surface area contributed by atoms with Crippen molar-refractivity contribution in [3.05, 3.63) is 22.7 Å². The van der Waals surface area contributed by atoms with Crippen LogP contribution in [0.4, 0.5) is 19.4 Å². The molecule has 0 aromatic carbocycles. The number of hydrogen-bond donors (Lipinski definition) is 3. The molecule has 1 aliphatic rings. The van der Waals surface area contributed by atoms with Gasteiger partial charge in [-0.1, -0.05) is 13.8 Å². The Morgan fingerprint density at radius 1 is 1.33 bits per heavy atom. The van der Waals surface area contributed by atoms with Crippen LogP contribution in [-0.4, -0.2) is 70.3 Å². The van der Waals surface area contributed by atoms with Gasteiger partial charge in [0.25, 0.3) is 0 Å². The summed E-state index contributed by atoms with van der Waals surface area (Å²) in [6.07, 6.45) is -6.58. The van der Waals surface area contributed by atoms with E-state index in [2.05, 4.69) is 14.5 Å². The highest BCUT2D eigenvalue weighted by atomic mass is 19.3. The van der Waals surface area contributed by atoms with E-state index < -0.39 is 67.5 Å². The quantitative estimate of drug-likeness (QED) is 0.330. The third-order valence-electron chi connectivity index (χ3n) is 4.52. The third-order valence-corrected chi connectivity index (χ3v) is 4.52. The number of amides is 1. The molecule has 2 heterocycles. The number of hydrogen-bond acceptors (Lipinski definition) is 11. The summed E-state index contributed by atoms with van der Waals surface area (Å²) in [4.78, 5) is 49.7. The fourth-order valence-corrected chi connectivity index (χ4v) is 2.61. The number of nitrogens with one attached hydrogen (secondary N) is 1. The number of aliphatic hydroxyl groups excluding tert-OH is 1. The van der Waals surface area contributed by atoms with Crippen LogP contribution in [0.5, 0.6) is 0 Å². The number of nitrogens with zero attached hydrogens (tertiary/aromatic N) is 2. The highest BCUT2D eigenvalue weighted by molar-refractivity contribution is 5.83. The number of esters is 2. The molecule has 33 heavy (non-hydrogen) atoms. The zero-order valence-electron chi connectivity index (χ0n) is 17.9. The summed E-state index contributed by atoms with van der Waals surface area (Å²) >= 11 is 0. The van der Waals surface area contributed by atoms with Crippen LogP contribution >= 0.6 is 0 Å². The zero-order chi connectivity index (χ0) is 24.9. The van der Waals surface area contributed by atoms with Gasteiger partial charge in [0, 0.05) is 13.1 Å². The summed E-state index contributed by atoms with van der Waals surface area (Å²) in [5, 5.41) is 12.0. The lowest BCUT2D eigenvalue weighted by Gasteiger charge is -2.21. The Hall–Kier alpha value is -3.17. The maximum Gasteiger partial charge on any atom is 0.415 e. The second kappa shape index (κ2) is 10.6. The van der Waals surface area contributed by atoms with Crippen LogP contribution in [0.1, 0.15) is 27.0 Å². The van der Waals surface area contributed by atoms with Crippen molar-refractivity contribution in [3.63, 3.8) is 0 Å². The Labute approximate surface area is 185 Å². The fraction of sp³-hybridized carbons (Fsp3) is 0.611. The molecule has 1 aromatic rings. The molecule has 1 aromatic heterocycles. The number of alkyl halides is 2. The van der Waals surface area contributed by atoms with Crippen molar-refractivity contribution in [1.82, 2.24) is 9.55 Å². The van der Waals surface area contributed by atoms with Crippen molar-refractivity contribution in [2.24, 2.45) is 11.7 Å². The summed E-state index contributed by atoms with van der Waals surface area (Å²) < 4.78 is 48.4. The number of rotatable bonds is 8. The number of aliphatic hydroxyl groups is 1. The summed E-state index contributed by atoms with van der Waals surface area (Å²) in [7, 11) is 0. The molecule has 0 radical (unpaired) electrons. The van der Waals surface area contributed by atoms with Gasteiger partial charge in [-0.05, 0) is 12.0 Å². The molecule has 184 valence electrons. The van der Waals surface area contributed by atoms with E-state index in [0.717, 1.165) is 19.2 Å². The molecule has 0 saturated carbocycles. The van der Waals surface area contributed by atoms with Crippen LogP contribution < -0.4 is 16.7 Å². The average molecular weight is 478 g/mol. The van der Waals surface area contributed by atoms with E-state index in [1.807, 2.05) is 5.32 Å². The van der Waals surface area contributed by atoms with Crippen molar-refractivity contribution in [2.45, 2.75) is 51.2 Å². The third kappa shape index (κ3) is 6.43. The number of carbonyl (C=O) groups excluding carboxylic acids is 3. The van der Waals surface area contributed by atoms with Gasteiger partial charge in [0.05, 0.1) is 0 Å². The topological polar surface area (TPSA) is 181 Å². The molecule has 1 saturated heterocycles. The number of anilines is 1. The molecule has 4 atom stereocenters. The standard InChI is InChI=1S/C18H24F2N4O9/c1-8(2)12(21)14(27)30-6-10-13(26)18(19,20)15(33-10)24-5-4-11(22-16(24)28)23-17(29)32-7-31-9(3)25/h4-5,8,10,12-13,15,26H,6-7,21H2,1-3H3,(H,22,23,28,29)/t10-,12+,13-,15-/m1/s1. The van der Waals surface area contributed by atoms with E-state index in [1.54, 1.807) is 13.8 Å². The normalized spacial score (nSPS) is 22.5. The molecule has 1 fully saturated rings. The molecular formula is C18H24F2N4O9. The molecule has 1 aliphatic heterocycles. The predicted molar refractivity (Wildman–Crippen MR) is 104 cm³/mol. The lowest BCUT2D eigenvalue weighted by molar-refractivity contribution is -0.153. The van der Waals surface area contributed by atoms with E-state index >= 15 is 0 Å². The van der Waals surface area contributed by atoms with Crippen LogP contribution in [0.15, 0.2) is 17.1 Å². The Morgan fingerprint density at radius 3 is 2.58 bits per heavy atom. The number of halogens is 2. The summed E-state index contributed by atoms with van der Waals surface area (Å²) in [5.74, 6) is -6.11. The smallest absolute Gasteiger partial charge is 0.415 e. The maximum atomic E-state index is 14.6. The van der Waals surface area contributed by atoms with E-state index in [1.165, 1.54) is 0 Å². The summed E-state index contributed by atoms with van der Waals surface area (Å²) in [6.45, 7) is 3.01. The van der Waals surface area contributed by atoms with Crippen molar-refractivity contribution in [3.8, 4) is 0 Å². The van der Waals surface area contributed by atoms with Crippen molar-refractivity contribution >= 4 is 23.8 Å². The number of aromatic nitrogens is 2. The first-order valence-electron chi connectivity index (χ1n) is 9.64. The molecular weight excluding hydrogens is 454 g/mol. The molecule has 2 rings (SSSR count). The summed E-state index contributed by atoms with van der Waals surface area (Å²) in [6, 6.07) is 0.00224.